The van der Waals surface area contributed by atoms with Crippen LogP contribution in [0.1, 0.15) is 10.4 Å². The molecule has 0 radical (unpaired) electrons. The molecule has 2 aromatic heterocycles. The molecule has 0 aliphatic carbocycles. The molecule has 1 aromatic carbocycles. The summed E-state index contributed by atoms with van der Waals surface area (Å²) >= 11 is 0. The van der Waals surface area contributed by atoms with Gasteiger partial charge in [-0.25, -0.2) is 9.97 Å². The highest BCUT2D eigenvalue weighted by Gasteiger charge is 2.11. The fraction of sp³-hybridized carbons (Fsp3) is 0.227. The van der Waals surface area contributed by atoms with Gasteiger partial charge in [0.25, 0.3) is 5.91 Å². The number of nitrogen functional groups attached to an aromatic ring is 1. The molecule has 7 nitrogen and oxygen atoms in total. The van der Waals surface area contributed by atoms with Gasteiger partial charge in [-0.05, 0) is 43.9 Å². The fourth-order valence-electron chi connectivity index (χ4n) is 2.85. The van der Waals surface area contributed by atoms with Gasteiger partial charge in [-0.2, -0.15) is 0 Å². The van der Waals surface area contributed by atoms with Crippen LogP contribution >= 0.6 is 0 Å². The van der Waals surface area contributed by atoms with Gasteiger partial charge in [-0.3, -0.25) is 4.79 Å². The number of hydrogen-bond donors (Lipinski definition) is 2. The number of methoxy groups -OCH3 is 1. The van der Waals surface area contributed by atoms with Crippen LogP contribution in [-0.4, -0.2) is 55.1 Å². The SMILES string of the molecule is COc1cccc(-c2cc(-c3cccc(C(=O)NCCN(C)C)c3)cnc2N)n1. The van der Waals surface area contributed by atoms with Gasteiger partial charge in [-0.1, -0.05) is 18.2 Å². The Labute approximate surface area is 170 Å². The van der Waals surface area contributed by atoms with Crippen molar-refractivity contribution in [3.63, 3.8) is 0 Å². The molecular weight excluding hydrogens is 366 g/mol. The highest BCUT2D eigenvalue weighted by Crippen LogP contribution is 2.29. The summed E-state index contributed by atoms with van der Waals surface area (Å²) in [6, 6.07) is 14.8. The van der Waals surface area contributed by atoms with E-state index in [-0.39, 0.29) is 5.91 Å². The van der Waals surface area contributed by atoms with E-state index in [1.54, 1.807) is 25.4 Å². The number of carbonyl (C=O) groups excluding carboxylic acids is 1. The van der Waals surface area contributed by atoms with E-state index in [4.69, 9.17) is 10.5 Å². The highest BCUT2D eigenvalue weighted by atomic mass is 16.5. The zero-order chi connectivity index (χ0) is 20.8. The number of rotatable bonds is 7. The molecule has 0 aliphatic heterocycles. The van der Waals surface area contributed by atoms with E-state index in [2.05, 4.69) is 15.3 Å². The van der Waals surface area contributed by atoms with Gasteiger partial charge in [0.05, 0.1) is 12.8 Å². The average Bonchev–Trinajstić information content (AvgIpc) is 2.74. The molecule has 0 bridgehead atoms. The number of nitrogens with one attached hydrogen (secondary N) is 1. The van der Waals surface area contributed by atoms with Crippen LogP contribution < -0.4 is 15.8 Å². The number of nitrogens with zero attached hydrogens (tertiary/aromatic N) is 3. The first-order valence-electron chi connectivity index (χ1n) is 9.28. The largest absolute Gasteiger partial charge is 0.481 e. The summed E-state index contributed by atoms with van der Waals surface area (Å²) in [6.45, 7) is 1.37. The van der Waals surface area contributed by atoms with Gasteiger partial charge in [0.15, 0.2) is 0 Å². The first-order valence-corrected chi connectivity index (χ1v) is 9.28. The second-order valence-electron chi connectivity index (χ2n) is 6.86. The van der Waals surface area contributed by atoms with E-state index in [9.17, 15) is 4.79 Å². The molecule has 150 valence electrons. The molecule has 29 heavy (non-hydrogen) atoms. The minimum absolute atomic E-state index is 0.105. The smallest absolute Gasteiger partial charge is 0.251 e. The molecule has 0 spiro atoms. The monoisotopic (exact) mass is 391 g/mol. The van der Waals surface area contributed by atoms with Crippen molar-refractivity contribution >= 4 is 11.7 Å². The van der Waals surface area contributed by atoms with E-state index >= 15 is 0 Å². The molecule has 0 aliphatic rings. The Balaban J connectivity index is 1.88. The summed E-state index contributed by atoms with van der Waals surface area (Å²) in [5.41, 5.74) is 9.80. The number of anilines is 1. The summed E-state index contributed by atoms with van der Waals surface area (Å²) < 4.78 is 5.20. The predicted octanol–water partition coefficient (Wildman–Crippen LogP) is 2.69. The Morgan fingerprint density at radius 2 is 1.93 bits per heavy atom. The number of likely N-dealkylation sites (N-methyl/N-ethyl adjacent to an activating group) is 1. The van der Waals surface area contributed by atoms with Crippen LogP contribution in [0.5, 0.6) is 5.88 Å². The minimum atomic E-state index is -0.105. The van der Waals surface area contributed by atoms with Crippen molar-refractivity contribution in [2.75, 3.05) is 40.0 Å². The molecule has 7 heteroatoms. The molecular formula is C22H25N5O2. The number of ether oxygens (including phenoxy) is 1. The predicted molar refractivity (Wildman–Crippen MR) is 115 cm³/mol. The summed E-state index contributed by atoms with van der Waals surface area (Å²) in [7, 11) is 5.50. The lowest BCUT2D eigenvalue weighted by Crippen LogP contribution is -2.31. The van der Waals surface area contributed by atoms with E-state index in [1.165, 1.54) is 0 Å². The highest BCUT2D eigenvalue weighted by molar-refractivity contribution is 5.95. The van der Waals surface area contributed by atoms with Crippen LogP contribution in [0, 0.1) is 0 Å². The lowest BCUT2D eigenvalue weighted by atomic mass is 10.0. The Bertz CT molecular complexity index is 1000. The Kier molecular flexibility index (Phi) is 6.41. The molecule has 0 saturated carbocycles. The van der Waals surface area contributed by atoms with Crippen LogP contribution in [0.25, 0.3) is 22.4 Å². The molecule has 0 fully saturated rings. The van der Waals surface area contributed by atoms with Crippen LogP contribution in [0.2, 0.25) is 0 Å². The molecule has 3 rings (SSSR count). The first kappa shape index (κ1) is 20.3. The van der Waals surface area contributed by atoms with E-state index in [1.807, 2.05) is 55.4 Å². The van der Waals surface area contributed by atoms with Crippen LogP contribution in [0.15, 0.2) is 54.7 Å². The fourth-order valence-corrected chi connectivity index (χ4v) is 2.85. The lowest BCUT2D eigenvalue weighted by molar-refractivity contribution is 0.0951. The van der Waals surface area contributed by atoms with Gasteiger partial charge in [0.1, 0.15) is 5.82 Å². The van der Waals surface area contributed by atoms with Gasteiger partial charge in [0.2, 0.25) is 5.88 Å². The van der Waals surface area contributed by atoms with E-state index < -0.39 is 0 Å². The Hall–Kier alpha value is -3.45. The van der Waals surface area contributed by atoms with Crippen molar-refractivity contribution in [3.05, 3.63) is 60.3 Å². The van der Waals surface area contributed by atoms with E-state index in [0.717, 1.165) is 17.7 Å². The third-order valence-corrected chi connectivity index (χ3v) is 4.43. The van der Waals surface area contributed by atoms with Crippen LogP contribution in [0.3, 0.4) is 0 Å². The van der Waals surface area contributed by atoms with Crippen molar-refractivity contribution in [2.45, 2.75) is 0 Å². The maximum absolute atomic E-state index is 12.4. The second kappa shape index (κ2) is 9.16. The number of carbonyl (C=O) groups is 1. The van der Waals surface area contributed by atoms with Crippen molar-refractivity contribution in [3.8, 4) is 28.3 Å². The first-order chi connectivity index (χ1) is 14.0. The van der Waals surface area contributed by atoms with Gasteiger partial charge in [0, 0.05) is 42.0 Å². The minimum Gasteiger partial charge on any atom is -0.481 e. The molecule has 0 atom stereocenters. The maximum Gasteiger partial charge on any atom is 0.251 e. The summed E-state index contributed by atoms with van der Waals surface area (Å²) in [5, 5.41) is 2.93. The van der Waals surface area contributed by atoms with Crippen LogP contribution in [-0.2, 0) is 0 Å². The van der Waals surface area contributed by atoms with Crippen LogP contribution in [0.4, 0.5) is 5.82 Å². The summed E-state index contributed by atoms with van der Waals surface area (Å²) in [5.74, 6) is 0.780. The number of hydrogen-bond acceptors (Lipinski definition) is 6. The number of nitrogens with two attached hydrogens (primary N) is 1. The van der Waals surface area contributed by atoms with E-state index in [0.29, 0.717) is 35.1 Å². The molecule has 3 N–H and O–H groups in total. The molecule has 2 heterocycles. The quantitative estimate of drug-likeness (QED) is 0.643. The topological polar surface area (TPSA) is 93.4 Å². The second-order valence-corrected chi connectivity index (χ2v) is 6.86. The van der Waals surface area contributed by atoms with Crippen molar-refractivity contribution in [1.82, 2.24) is 20.2 Å². The molecule has 3 aromatic rings. The van der Waals surface area contributed by atoms with Crippen molar-refractivity contribution < 1.29 is 9.53 Å². The third-order valence-electron chi connectivity index (χ3n) is 4.43. The number of pyridine rings is 2. The molecule has 0 saturated heterocycles. The standard InChI is InChI=1S/C22H25N5O2/c1-27(2)11-10-24-22(28)16-7-4-6-15(12-16)17-13-18(21(23)25-14-17)19-8-5-9-20(26-19)29-3/h4-9,12-14H,10-11H2,1-3H3,(H2,23,25)(H,24,28). The van der Waals surface area contributed by atoms with Gasteiger partial charge in [-0.15, -0.1) is 0 Å². The summed E-state index contributed by atoms with van der Waals surface area (Å²) in [6.07, 6.45) is 1.70. The number of amides is 1. The van der Waals surface area contributed by atoms with Gasteiger partial charge < -0.3 is 20.7 Å². The Morgan fingerprint density at radius 1 is 1.14 bits per heavy atom. The third kappa shape index (κ3) is 5.08. The normalized spacial score (nSPS) is 10.8. The number of aromatic nitrogens is 2. The number of benzene rings is 1. The zero-order valence-electron chi connectivity index (χ0n) is 16.8. The molecule has 0 unspecified atom stereocenters. The summed E-state index contributed by atoms with van der Waals surface area (Å²) in [4.78, 5) is 23.2. The van der Waals surface area contributed by atoms with Gasteiger partial charge >= 0.3 is 0 Å². The molecule has 1 amide bonds. The average molecular weight is 391 g/mol. The lowest BCUT2D eigenvalue weighted by Gasteiger charge is -2.12. The Morgan fingerprint density at radius 3 is 2.69 bits per heavy atom. The zero-order valence-corrected chi connectivity index (χ0v) is 16.8. The maximum atomic E-state index is 12.4. The van der Waals surface area contributed by atoms with Crippen molar-refractivity contribution in [1.29, 1.82) is 0 Å². The van der Waals surface area contributed by atoms with Crippen molar-refractivity contribution in [2.24, 2.45) is 0 Å².